The van der Waals surface area contributed by atoms with E-state index in [-0.39, 0.29) is 18.0 Å². The van der Waals surface area contributed by atoms with Gasteiger partial charge in [-0.3, -0.25) is 9.69 Å². The molecule has 1 saturated heterocycles. The summed E-state index contributed by atoms with van der Waals surface area (Å²) in [6, 6.07) is 11.9. The van der Waals surface area contributed by atoms with Crippen molar-refractivity contribution in [1.29, 1.82) is 0 Å². The fourth-order valence-electron chi connectivity index (χ4n) is 5.49. The van der Waals surface area contributed by atoms with Gasteiger partial charge < -0.3 is 14.2 Å². The molecule has 1 aromatic heterocycles. The Morgan fingerprint density at radius 2 is 2.03 bits per heavy atom. The van der Waals surface area contributed by atoms with E-state index in [0.717, 1.165) is 37.1 Å². The van der Waals surface area contributed by atoms with Gasteiger partial charge in [-0.2, -0.15) is 0 Å². The number of hydrogen-bond acceptors (Lipinski definition) is 4. The second kappa shape index (κ2) is 7.75. The van der Waals surface area contributed by atoms with E-state index in [2.05, 4.69) is 36.3 Å². The molecule has 0 radical (unpaired) electrons. The van der Waals surface area contributed by atoms with Gasteiger partial charge in [-0.1, -0.05) is 18.2 Å². The van der Waals surface area contributed by atoms with Crippen LogP contribution in [-0.2, 0) is 24.3 Å². The van der Waals surface area contributed by atoms with E-state index in [1.54, 1.807) is 0 Å². The van der Waals surface area contributed by atoms with Crippen molar-refractivity contribution >= 4 is 11.6 Å². The summed E-state index contributed by atoms with van der Waals surface area (Å²) in [6.45, 7) is 9.62. The summed E-state index contributed by atoms with van der Waals surface area (Å²) < 4.78 is 8.35. The van der Waals surface area contributed by atoms with E-state index in [0.29, 0.717) is 30.3 Å². The van der Waals surface area contributed by atoms with Crippen molar-refractivity contribution in [2.24, 2.45) is 0 Å². The molecule has 3 aliphatic rings. The summed E-state index contributed by atoms with van der Waals surface area (Å²) in [5.74, 6) is 1.47. The van der Waals surface area contributed by atoms with E-state index in [9.17, 15) is 4.79 Å². The van der Waals surface area contributed by atoms with Crippen LogP contribution in [-0.4, -0.2) is 44.9 Å². The Labute approximate surface area is 193 Å². The second-order valence-electron chi connectivity index (χ2n) is 9.20. The molecular formula is C26H25N5O2. The number of carbonyl (C=O) groups is 1. The van der Waals surface area contributed by atoms with Crippen LogP contribution in [0.1, 0.15) is 41.3 Å². The smallest absolute Gasteiger partial charge is 0.240 e. The molecule has 2 atom stereocenters. The maximum Gasteiger partial charge on any atom is 0.240 e. The van der Waals surface area contributed by atoms with Gasteiger partial charge in [0.05, 0.1) is 30.7 Å². The van der Waals surface area contributed by atoms with E-state index in [1.165, 1.54) is 11.1 Å². The van der Waals surface area contributed by atoms with Gasteiger partial charge in [-0.05, 0) is 61.2 Å². The Hall–Kier alpha value is -3.63. The average molecular weight is 440 g/mol. The number of amides is 1. The largest absolute Gasteiger partial charge is 0.468 e. The summed E-state index contributed by atoms with van der Waals surface area (Å²) in [6.07, 6.45) is 6.43. The summed E-state index contributed by atoms with van der Waals surface area (Å²) in [5, 5.41) is 0. The van der Waals surface area contributed by atoms with Gasteiger partial charge in [0.25, 0.3) is 0 Å². The van der Waals surface area contributed by atoms with Gasteiger partial charge in [0.15, 0.2) is 0 Å². The van der Waals surface area contributed by atoms with E-state index in [4.69, 9.17) is 11.3 Å². The van der Waals surface area contributed by atoms with Crippen LogP contribution in [0.3, 0.4) is 0 Å². The van der Waals surface area contributed by atoms with Crippen molar-refractivity contribution in [2.45, 2.75) is 44.4 Å². The van der Waals surface area contributed by atoms with Crippen LogP contribution < -0.4 is 4.74 Å². The molecule has 0 saturated carbocycles. The number of aromatic nitrogens is 2. The standard InChI is InChI=1S/C26H25N5O2/c1-27-22-7-3-17-11-25(22)33-20-6-4-18-5-8-23(21(18)12-20)31-10-9-24(26(31)32)29(2)15-19-13-28-16-30(19)14-17/h3-4,6-7,11-13,16,23-24H,5,8-10,14-15H2,2H3/t23-,24+/m1/s1. The Morgan fingerprint density at radius 3 is 2.91 bits per heavy atom. The molecule has 3 heterocycles. The highest BCUT2D eigenvalue weighted by Gasteiger charge is 2.40. The van der Waals surface area contributed by atoms with Crippen LogP contribution in [0, 0.1) is 6.57 Å². The highest BCUT2D eigenvalue weighted by atomic mass is 16.5. The van der Waals surface area contributed by atoms with Gasteiger partial charge in [0.2, 0.25) is 11.6 Å². The van der Waals surface area contributed by atoms with Gasteiger partial charge in [0.1, 0.15) is 11.5 Å². The summed E-state index contributed by atoms with van der Waals surface area (Å²) >= 11 is 0. The zero-order valence-electron chi connectivity index (χ0n) is 18.6. The number of hydrogen-bond donors (Lipinski definition) is 0. The van der Waals surface area contributed by atoms with Crippen LogP contribution in [0.15, 0.2) is 48.9 Å². The predicted molar refractivity (Wildman–Crippen MR) is 123 cm³/mol. The molecule has 0 unspecified atom stereocenters. The van der Waals surface area contributed by atoms with E-state index in [1.807, 2.05) is 43.8 Å². The Morgan fingerprint density at radius 1 is 1.12 bits per heavy atom. The molecule has 3 aromatic rings. The van der Waals surface area contributed by atoms with Crippen LogP contribution in [0.5, 0.6) is 11.5 Å². The topological polar surface area (TPSA) is 55.0 Å². The number of likely N-dealkylation sites (N-methyl/N-ethyl adjacent to an activating group) is 1. The number of nitrogens with zero attached hydrogens (tertiary/aromatic N) is 5. The van der Waals surface area contributed by atoms with E-state index >= 15 is 0 Å². The first-order valence-electron chi connectivity index (χ1n) is 11.4. The number of ether oxygens (including phenoxy) is 1. The summed E-state index contributed by atoms with van der Waals surface area (Å²) in [7, 11) is 2.03. The molecule has 7 nitrogen and oxygen atoms in total. The minimum atomic E-state index is -0.116. The Kier molecular flexibility index (Phi) is 4.70. The van der Waals surface area contributed by atoms with Crippen molar-refractivity contribution in [3.05, 3.63) is 82.7 Å². The molecule has 7 heteroatoms. The average Bonchev–Trinajstić information content (AvgIpc) is 3.52. The lowest BCUT2D eigenvalue weighted by Crippen LogP contribution is -2.40. The van der Waals surface area contributed by atoms with Crippen molar-refractivity contribution in [2.75, 3.05) is 13.6 Å². The van der Waals surface area contributed by atoms with Crippen molar-refractivity contribution in [1.82, 2.24) is 19.4 Å². The number of carbonyl (C=O) groups excluding carboxylic acids is 1. The molecule has 6 rings (SSSR count). The van der Waals surface area contributed by atoms with Crippen LogP contribution >= 0.6 is 0 Å². The predicted octanol–water partition coefficient (Wildman–Crippen LogP) is 4.31. The molecule has 0 spiro atoms. The monoisotopic (exact) mass is 439 g/mol. The van der Waals surface area contributed by atoms with Crippen LogP contribution in [0.4, 0.5) is 5.69 Å². The molecule has 6 bridgehead atoms. The molecule has 2 aromatic carbocycles. The lowest BCUT2D eigenvalue weighted by Gasteiger charge is -2.28. The third-order valence-corrected chi connectivity index (χ3v) is 7.22. The van der Waals surface area contributed by atoms with Gasteiger partial charge >= 0.3 is 0 Å². The number of benzene rings is 2. The highest BCUT2D eigenvalue weighted by molar-refractivity contribution is 5.84. The normalized spacial score (nSPS) is 22.1. The lowest BCUT2D eigenvalue weighted by molar-refractivity contribution is -0.134. The van der Waals surface area contributed by atoms with Gasteiger partial charge in [-0.15, -0.1) is 0 Å². The molecule has 2 aliphatic heterocycles. The molecule has 0 N–H and O–H groups in total. The Balaban J connectivity index is 1.47. The maximum atomic E-state index is 13.5. The van der Waals surface area contributed by atoms with Crippen LogP contribution in [0.25, 0.3) is 4.85 Å². The van der Waals surface area contributed by atoms with Crippen LogP contribution in [0.2, 0.25) is 0 Å². The first kappa shape index (κ1) is 20.0. The third-order valence-electron chi connectivity index (χ3n) is 7.22. The van der Waals surface area contributed by atoms with E-state index < -0.39 is 0 Å². The number of fused-ring (bicyclic) bond motifs is 7. The molecule has 33 heavy (non-hydrogen) atoms. The number of aryl methyl sites for hydroxylation is 1. The first-order chi connectivity index (χ1) is 16.1. The highest BCUT2D eigenvalue weighted by Crippen LogP contribution is 2.42. The second-order valence-corrected chi connectivity index (χ2v) is 9.20. The Bertz CT molecular complexity index is 1290. The van der Waals surface area contributed by atoms with Crippen molar-refractivity contribution < 1.29 is 9.53 Å². The van der Waals surface area contributed by atoms with Crippen molar-refractivity contribution in [3.8, 4) is 11.5 Å². The minimum Gasteiger partial charge on any atom is -0.468 e. The van der Waals surface area contributed by atoms with Gasteiger partial charge in [0, 0.05) is 25.8 Å². The lowest BCUT2D eigenvalue weighted by atomic mass is 10.1. The molecule has 1 aliphatic carbocycles. The maximum absolute atomic E-state index is 13.5. The third kappa shape index (κ3) is 3.38. The SMILES string of the molecule is [C-]#[N+]c1ccc2cc1Oc1ccc3c(c1)[C@@H](CC3)N1CC[C@@H](C1=O)N(C)Cc1cncn1C2. The fraction of sp³-hybridized carbons (Fsp3) is 0.346. The molecule has 1 amide bonds. The van der Waals surface area contributed by atoms with Gasteiger partial charge in [-0.25, -0.2) is 9.83 Å². The zero-order chi connectivity index (χ0) is 22.5. The minimum absolute atomic E-state index is 0.0829. The summed E-state index contributed by atoms with van der Waals surface area (Å²) in [5.41, 5.74) is 5.03. The molecular weight excluding hydrogens is 414 g/mol. The van der Waals surface area contributed by atoms with Crippen molar-refractivity contribution in [3.63, 3.8) is 0 Å². The zero-order valence-corrected chi connectivity index (χ0v) is 18.6. The first-order valence-corrected chi connectivity index (χ1v) is 11.4. The number of imidazole rings is 1. The molecule has 166 valence electrons. The summed E-state index contributed by atoms with van der Waals surface area (Å²) in [4.78, 5) is 25.7. The fourth-order valence-corrected chi connectivity index (χ4v) is 5.49. The quantitative estimate of drug-likeness (QED) is 0.490. The molecule has 1 fully saturated rings. The number of rotatable bonds is 0.